The van der Waals surface area contributed by atoms with Gasteiger partial charge in [0.05, 0.1) is 16.5 Å². The van der Waals surface area contributed by atoms with E-state index in [2.05, 4.69) is 5.32 Å². The molecule has 1 atom stereocenters. The van der Waals surface area contributed by atoms with Crippen molar-refractivity contribution in [3.63, 3.8) is 0 Å². The van der Waals surface area contributed by atoms with Crippen molar-refractivity contribution in [1.29, 1.82) is 0 Å². The topological polar surface area (TPSA) is 66.4 Å². The molecule has 1 unspecified atom stereocenters. The molecule has 1 aromatic carbocycles. The summed E-state index contributed by atoms with van der Waals surface area (Å²) < 4.78 is 0. The molecule has 0 saturated heterocycles. The molecule has 0 spiro atoms. The molecular weight excluding hydrogens is 277 g/mol. The first kappa shape index (κ1) is 14.8. The normalized spacial score (nSPS) is 11.9. The number of benzene rings is 1. The zero-order valence-corrected chi connectivity index (χ0v) is 11.3. The average Bonchev–Trinajstić information content (AvgIpc) is 2.31. The molecule has 0 aliphatic rings. The average molecular weight is 290 g/mol. The number of halogens is 2. The van der Waals surface area contributed by atoms with Crippen molar-refractivity contribution in [1.82, 2.24) is 5.32 Å². The molecule has 0 aromatic heterocycles. The second-order valence-electron chi connectivity index (χ2n) is 3.91. The third-order valence-electron chi connectivity index (χ3n) is 2.46. The van der Waals surface area contributed by atoms with Gasteiger partial charge in [0.25, 0.3) is 5.91 Å². The summed E-state index contributed by atoms with van der Waals surface area (Å²) in [5.41, 5.74) is 0.284. The van der Waals surface area contributed by atoms with E-state index in [1.54, 1.807) is 19.1 Å². The minimum Gasteiger partial charge on any atom is -0.481 e. The van der Waals surface area contributed by atoms with Crippen LogP contribution in [0.5, 0.6) is 0 Å². The minimum absolute atomic E-state index is 0.273. The van der Waals surface area contributed by atoms with Crippen LogP contribution in [-0.4, -0.2) is 23.5 Å². The highest BCUT2D eigenvalue weighted by molar-refractivity contribution is 6.35. The highest BCUT2D eigenvalue weighted by Crippen LogP contribution is 2.20. The van der Waals surface area contributed by atoms with E-state index in [0.29, 0.717) is 16.5 Å². The lowest BCUT2D eigenvalue weighted by molar-refractivity contribution is -0.141. The summed E-state index contributed by atoms with van der Waals surface area (Å²) in [4.78, 5) is 22.4. The maximum Gasteiger partial charge on any atom is 0.306 e. The van der Waals surface area contributed by atoms with Crippen molar-refractivity contribution in [2.24, 2.45) is 5.92 Å². The molecule has 0 heterocycles. The Morgan fingerprint density at radius 2 is 2.06 bits per heavy atom. The molecule has 1 amide bonds. The van der Waals surface area contributed by atoms with Crippen LogP contribution < -0.4 is 5.32 Å². The number of hydrogen-bond donors (Lipinski definition) is 2. The van der Waals surface area contributed by atoms with Crippen LogP contribution in [0.3, 0.4) is 0 Å². The Hall–Kier alpha value is -1.26. The quantitative estimate of drug-likeness (QED) is 0.876. The first-order chi connectivity index (χ1) is 8.41. The van der Waals surface area contributed by atoms with Crippen LogP contribution in [-0.2, 0) is 4.79 Å². The molecule has 18 heavy (non-hydrogen) atoms. The zero-order chi connectivity index (χ0) is 13.7. The Labute approximate surface area is 115 Å². The fourth-order valence-electron chi connectivity index (χ4n) is 1.29. The van der Waals surface area contributed by atoms with E-state index in [-0.39, 0.29) is 18.0 Å². The smallest absolute Gasteiger partial charge is 0.306 e. The van der Waals surface area contributed by atoms with Gasteiger partial charge >= 0.3 is 5.97 Å². The van der Waals surface area contributed by atoms with Gasteiger partial charge in [-0.15, -0.1) is 0 Å². The summed E-state index contributed by atoms with van der Waals surface area (Å²) in [7, 11) is 0. The lowest BCUT2D eigenvalue weighted by atomic mass is 10.1. The molecule has 0 aliphatic heterocycles. The van der Waals surface area contributed by atoms with Crippen molar-refractivity contribution in [3.8, 4) is 0 Å². The summed E-state index contributed by atoms with van der Waals surface area (Å²) in [6.07, 6.45) is 0.360. The molecule has 6 heteroatoms. The number of hydrogen-bond acceptors (Lipinski definition) is 2. The van der Waals surface area contributed by atoms with Crippen molar-refractivity contribution in [3.05, 3.63) is 33.8 Å². The second-order valence-corrected chi connectivity index (χ2v) is 4.75. The van der Waals surface area contributed by atoms with Gasteiger partial charge in [-0.1, -0.05) is 30.1 Å². The predicted octanol–water partition coefficient (Wildman–Crippen LogP) is 2.83. The zero-order valence-electron chi connectivity index (χ0n) is 9.74. The molecule has 98 valence electrons. The Balaban J connectivity index is 2.55. The first-order valence-electron chi connectivity index (χ1n) is 5.38. The van der Waals surface area contributed by atoms with Gasteiger partial charge in [-0.2, -0.15) is 0 Å². The molecular formula is C12H13Cl2NO3. The summed E-state index contributed by atoms with van der Waals surface area (Å²) in [5, 5.41) is 12.0. The third-order valence-corrected chi connectivity index (χ3v) is 3.02. The van der Waals surface area contributed by atoms with Gasteiger partial charge in [0.1, 0.15) is 0 Å². The fraction of sp³-hybridized carbons (Fsp3) is 0.333. The van der Waals surface area contributed by atoms with Crippen molar-refractivity contribution in [2.45, 2.75) is 13.3 Å². The lowest BCUT2D eigenvalue weighted by Crippen LogP contribution is -2.27. The summed E-state index contributed by atoms with van der Waals surface area (Å²) in [6.45, 7) is 1.86. The van der Waals surface area contributed by atoms with Gasteiger partial charge in [-0.05, 0) is 24.6 Å². The van der Waals surface area contributed by atoms with Crippen LogP contribution in [0.15, 0.2) is 18.2 Å². The van der Waals surface area contributed by atoms with Gasteiger partial charge < -0.3 is 10.4 Å². The Morgan fingerprint density at radius 1 is 1.39 bits per heavy atom. The van der Waals surface area contributed by atoms with E-state index in [1.807, 2.05) is 0 Å². The van der Waals surface area contributed by atoms with Crippen LogP contribution in [0.25, 0.3) is 0 Å². The monoisotopic (exact) mass is 289 g/mol. The number of carboxylic acid groups (broad SMARTS) is 1. The first-order valence-corrected chi connectivity index (χ1v) is 6.13. The molecule has 0 bridgehead atoms. The van der Waals surface area contributed by atoms with E-state index in [0.717, 1.165) is 0 Å². The summed E-state index contributed by atoms with van der Waals surface area (Å²) in [6, 6.07) is 4.60. The number of carboxylic acids is 1. The van der Waals surface area contributed by atoms with E-state index in [4.69, 9.17) is 28.3 Å². The van der Waals surface area contributed by atoms with Gasteiger partial charge in [0, 0.05) is 11.6 Å². The molecule has 0 saturated carbocycles. The number of nitrogens with one attached hydrogen (secondary N) is 1. The van der Waals surface area contributed by atoms with Crippen molar-refractivity contribution < 1.29 is 14.7 Å². The summed E-state index contributed by atoms with van der Waals surface area (Å²) >= 11 is 11.6. The fourth-order valence-corrected chi connectivity index (χ4v) is 1.67. The SMILES string of the molecule is CC(CCNC(=O)c1cc(Cl)ccc1Cl)C(=O)O. The van der Waals surface area contributed by atoms with Crippen molar-refractivity contribution in [2.75, 3.05) is 6.54 Å². The number of carbonyl (C=O) groups is 2. The third kappa shape index (κ3) is 4.20. The number of rotatable bonds is 5. The Bertz CT molecular complexity index is 463. The highest BCUT2D eigenvalue weighted by atomic mass is 35.5. The largest absolute Gasteiger partial charge is 0.481 e. The van der Waals surface area contributed by atoms with Gasteiger partial charge in [0.15, 0.2) is 0 Å². The van der Waals surface area contributed by atoms with Crippen LogP contribution in [0.1, 0.15) is 23.7 Å². The van der Waals surface area contributed by atoms with E-state index in [9.17, 15) is 9.59 Å². The van der Waals surface area contributed by atoms with Crippen molar-refractivity contribution >= 4 is 35.1 Å². The maximum atomic E-state index is 11.8. The minimum atomic E-state index is -0.884. The van der Waals surface area contributed by atoms with Crippen LogP contribution >= 0.6 is 23.2 Å². The molecule has 4 nitrogen and oxygen atoms in total. The van der Waals surface area contributed by atoms with E-state index in [1.165, 1.54) is 6.07 Å². The molecule has 2 N–H and O–H groups in total. The summed E-state index contributed by atoms with van der Waals surface area (Å²) in [5.74, 6) is -1.75. The maximum absolute atomic E-state index is 11.8. The molecule has 0 aliphatic carbocycles. The van der Waals surface area contributed by atoms with Crippen LogP contribution in [0.2, 0.25) is 10.0 Å². The van der Waals surface area contributed by atoms with Crippen LogP contribution in [0.4, 0.5) is 0 Å². The number of aliphatic carboxylic acids is 1. The van der Waals surface area contributed by atoms with Gasteiger partial charge in [0.2, 0.25) is 0 Å². The Kier molecular flexibility index (Phi) is 5.44. The lowest BCUT2D eigenvalue weighted by Gasteiger charge is -2.09. The molecule has 1 rings (SSSR count). The Morgan fingerprint density at radius 3 is 2.67 bits per heavy atom. The highest BCUT2D eigenvalue weighted by Gasteiger charge is 2.13. The number of carbonyl (C=O) groups excluding carboxylic acids is 1. The standard InChI is InChI=1S/C12H13Cl2NO3/c1-7(12(17)18)4-5-15-11(16)9-6-8(13)2-3-10(9)14/h2-3,6-7H,4-5H2,1H3,(H,15,16)(H,17,18). The van der Waals surface area contributed by atoms with Crippen LogP contribution in [0, 0.1) is 5.92 Å². The van der Waals surface area contributed by atoms with Gasteiger partial charge in [-0.25, -0.2) is 0 Å². The molecule has 0 radical (unpaired) electrons. The number of amides is 1. The van der Waals surface area contributed by atoms with Gasteiger partial charge in [-0.3, -0.25) is 9.59 Å². The van der Waals surface area contributed by atoms with E-state index < -0.39 is 11.9 Å². The molecule has 1 aromatic rings. The van der Waals surface area contributed by atoms with E-state index >= 15 is 0 Å². The predicted molar refractivity (Wildman–Crippen MR) is 70.2 cm³/mol. The second kappa shape index (κ2) is 6.61. The molecule has 0 fully saturated rings.